The van der Waals surface area contributed by atoms with Crippen molar-refractivity contribution in [3.63, 3.8) is 0 Å². The molecule has 2 rings (SSSR count). The molecular weight excluding hydrogens is 254 g/mol. The Balaban J connectivity index is 1.64. The van der Waals surface area contributed by atoms with Gasteiger partial charge in [-0.25, -0.2) is 0 Å². The summed E-state index contributed by atoms with van der Waals surface area (Å²) in [6.45, 7) is 0. The van der Waals surface area contributed by atoms with E-state index in [2.05, 4.69) is 73.0 Å². The summed E-state index contributed by atoms with van der Waals surface area (Å²) in [5.74, 6) is 0. The van der Waals surface area contributed by atoms with E-state index in [0.717, 1.165) is 0 Å². The van der Waals surface area contributed by atoms with Crippen molar-refractivity contribution in [2.45, 2.75) is 44.6 Å². The molecule has 0 heterocycles. The van der Waals surface area contributed by atoms with Gasteiger partial charge >= 0.3 is 0 Å². The summed E-state index contributed by atoms with van der Waals surface area (Å²) in [6, 6.07) is 22.2. The average molecular weight is 281 g/mol. The van der Waals surface area contributed by atoms with Gasteiger partial charge < -0.3 is 5.32 Å². The summed E-state index contributed by atoms with van der Waals surface area (Å²) in [4.78, 5) is 0. The minimum absolute atomic E-state index is 0.650. The Morgan fingerprint density at radius 3 is 1.52 bits per heavy atom. The van der Waals surface area contributed by atoms with Crippen molar-refractivity contribution in [1.82, 2.24) is 5.32 Å². The van der Waals surface area contributed by atoms with Crippen molar-refractivity contribution in [2.24, 2.45) is 0 Å². The van der Waals surface area contributed by atoms with Gasteiger partial charge in [0, 0.05) is 6.04 Å². The molecule has 0 saturated heterocycles. The first-order chi connectivity index (χ1) is 10.4. The van der Waals surface area contributed by atoms with Crippen LogP contribution in [0.2, 0.25) is 0 Å². The maximum Gasteiger partial charge on any atom is 0.00642 e. The highest BCUT2D eigenvalue weighted by Gasteiger charge is 2.06. The Labute approximate surface area is 129 Å². The summed E-state index contributed by atoms with van der Waals surface area (Å²) in [5, 5.41) is 3.47. The van der Waals surface area contributed by atoms with Gasteiger partial charge in [-0.1, -0.05) is 60.7 Å². The Bertz CT molecular complexity index is 432. The Morgan fingerprint density at radius 2 is 1.14 bits per heavy atom. The second-order valence-corrected chi connectivity index (χ2v) is 5.74. The van der Waals surface area contributed by atoms with Crippen LogP contribution in [0.1, 0.15) is 36.8 Å². The minimum atomic E-state index is 0.650. The Morgan fingerprint density at radius 1 is 0.714 bits per heavy atom. The van der Waals surface area contributed by atoms with Crippen LogP contribution in [0.15, 0.2) is 60.7 Å². The lowest BCUT2D eigenvalue weighted by atomic mass is 9.99. The fourth-order valence-electron chi connectivity index (χ4n) is 2.83. The van der Waals surface area contributed by atoms with Gasteiger partial charge in [0.1, 0.15) is 0 Å². The van der Waals surface area contributed by atoms with Crippen molar-refractivity contribution in [3.05, 3.63) is 71.8 Å². The van der Waals surface area contributed by atoms with Crippen molar-refractivity contribution in [1.29, 1.82) is 0 Å². The summed E-state index contributed by atoms with van der Waals surface area (Å²) in [5.41, 5.74) is 2.91. The third-order valence-corrected chi connectivity index (χ3v) is 4.13. The predicted molar refractivity (Wildman–Crippen MR) is 91.6 cm³/mol. The van der Waals surface area contributed by atoms with Gasteiger partial charge in [-0.3, -0.25) is 0 Å². The van der Waals surface area contributed by atoms with E-state index in [1.807, 2.05) is 0 Å². The molecular formula is C20H27N. The van der Waals surface area contributed by atoms with E-state index < -0.39 is 0 Å². The zero-order chi connectivity index (χ0) is 14.8. The van der Waals surface area contributed by atoms with Gasteiger partial charge in [-0.05, 0) is 56.7 Å². The highest BCUT2D eigenvalue weighted by atomic mass is 14.9. The van der Waals surface area contributed by atoms with Crippen LogP contribution in [0, 0.1) is 0 Å². The normalized spacial score (nSPS) is 11.0. The van der Waals surface area contributed by atoms with Crippen LogP contribution >= 0.6 is 0 Å². The molecule has 21 heavy (non-hydrogen) atoms. The van der Waals surface area contributed by atoms with E-state index in [1.165, 1.54) is 49.7 Å². The van der Waals surface area contributed by atoms with Crippen LogP contribution in [0.3, 0.4) is 0 Å². The first kappa shape index (κ1) is 15.8. The largest absolute Gasteiger partial charge is 0.317 e. The van der Waals surface area contributed by atoms with Gasteiger partial charge in [0.25, 0.3) is 0 Å². The topological polar surface area (TPSA) is 12.0 Å². The molecule has 2 aromatic rings. The molecule has 0 unspecified atom stereocenters. The van der Waals surface area contributed by atoms with E-state index in [9.17, 15) is 0 Å². The van der Waals surface area contributed by atoms with E-state index in [-0.39, 0.29) is 0 Å². The van der Waals surface area contributed by atoms with E-state index >= 15 is 0 Å². The molecule has 0 spiro atoms. The highest BCUT2D eigenvalue weighted by molar-refractivity contribution is 5.15. The molecule has 1 nitrogen and oxygen atoms in total. The van der Waals surface area contributed by atoms with E-state index in [1.54, 1.807) is 0 Å². The molecule has 0 aliphatic heterocycles. The number of hydrogen-bond acceptors (Lipinski definition) is 1. The quantitative estimate of drug-likeness (QED) is 0.707. The number of rotatable bonds is 9. The SMILES string of the molecule is CNC(CCCc1ccccc1)CCCc1ccccc1. The van der Waals surface area contributed by atoms with Crippen LogP contribution in [0.25, 0.3) is 0 Å². The molecule has 2 aromatic carbocycles. The fraction of sp³-hybridized carbons (Fsp3) is 0.400. The number of aryl methyl sites for hydroxylation is 2. The maximum absolute atomic E-state index is 3.47. The fourth-order valence-corrected chi connectivity index (χ4v) is 2.83. The monoisotopic (exact) mass is 281 g/mol. The van der Waals surface area contributed by atoms with E-state index in [0.29, 0.717) is 6.04 Å². The number of benzene rings is 2. The van der Waals surface area contributed by atoms with Crippen molar-refractivity contribution >= 4 is 0 Å². The van der Waals surface area contributed by atoms with Gasteiger partial charge in [0.2, 0.25) is 0 Å². The van der Waals surface area contributed by atoms with Gasteiger partial charge in [-0.2, -0.15) is 0 Å². The van der Waals surface area contributed by atoms with Gasteiger partial charge in [-0.15, -0.1) is 0 Å². The zero-order valence-electron chi connectivity index (χ0n) is 13.1. The van der Waals surface area contributed by atoms with E-state index in [4.69, 9.17) is 0 Å². The van der Waals surface area contributed by atoms with Crippen LogP contribution < -0.4 is 5.32 Å². The van der Waals surface area contributed by atoms with Crippen LogP contribution in [0.5, 0.6) is 0 Å². The molecule has 112 valence electrons. The molecule has 0 amide bonds. The second-order valence-electron chi connectivity index (χ2n) is 5.74. The van der Waals surface area contributed by atoms with Gasteiger partial charge in [0.15, 0.2) is 0 Å². The maximum atomic E-state index is 3.47. The summed E-state index contributed by atoms with van der Waals surface area (Å²) in [6.07, 6.45) is 7.44. The second kappa shape index (κ2) is 9.36. The molecule has 0 bridgehead atoms. The molecule has 0 aromatic heterocycles. The lowest BCUT2D eigenvalue weighted by molar-refractivity contribution is 0.461. The highest BCUT2D eigenvalue weighted by Crippen LogP contribution is 2.12. The standard InChI is InChI=1S/C20H27N/c1-21-20(16-8-14-18-10-4-2-5-11-18)17-9-15-19-12-6-3-7-13-19/h2-7,10-13,20-21H,8-9,14-17H2,1H3. The zero-order valence-corrected chi connectivity index (χ0v) is 13.1. The number of hydrogen-bond donors (Lipinski definition) is 1. The molecule has 0 aliphatic carbocycles. The third kappa shape index (κ3) is 6.14. The molecule has 1 N–H and O–H groups in total. The lowest BCUT2D eigenvalue weighted by Gasteiger charge is -2.16. The Hall–Kier alpha value is -1.60. The number of nitrogens with one attached hydrogen (secondary N) is 1. The molecule has 0 radical (unpaired) electrons. The molecule has 0 aliphatic rings. The molecule has 0 atom stereocenters. The first-order valence-electron chi connectivity index (χ1n) is 8.13. The third-order valence-electron chi connectivity index (χ3n) is 4.13. The minimum Gasteiger partial charge on any atom is -0.317 e. The summed E-state index contributed by atoms with van der Waals surface area (Å²) >= 11 is 0. The van der Waals surface area contributed by atoms with Crippen LogP contribution in [-0.4, -0.2) is 13.1 Å². The molecule has 1 heteroatoms. The lowest BCUT2D eigenvalue weighted by Crippen LogP contribution is -2.25. The van der Waals surface area contributed by atoms with Crippen molar-refractivity contribution in [3.8, 4) is 0 Å². The predicted octanol–water partition coefficient (Wildman–Crippen LogP) is 4.62. The van der Waals surface area contributed by atoms with Crippen molar-refractivity contribution < 1.29 is 0 Å². The summed E-state index contributed by atoms with van der Waals surface area (Å²) < 4.78 is 0. The van der Waals surface area contributed by atoms with Gasteiger partial charge in [0.05, 0.1) is 0 Å². The van der Waals surface area contributed by atoms with Crippen LogP contribution in [0.4, 0.5) is 0 Å². The van der Waals surface area contributed by atoms with Crippen LogP contribution in [-0.2, 0) is 12.8 Å². The smallest absolute Gasteiger partial charge is 0.00642 e. The summed E-state index contributed by atoms with van der Waals surface area (Å²) in [7, 11) is 2.09. The first-order valence-corrected chi connectivity index (χ1v) is 8.13. The average Bonchev–Trinajstić information content (AvgIpc) is 2.55. The Kier molecular flexibility index (Phi) is 7.03. The van der Waals surface area contributed by atoms with Crippen molar-refractivity contribution in [2.75, 3.05) is 7.05 Å². The molecule has 0 saturated carbocycles. The molecule has 0 fully saturated rings.